The van der Waals surface area contributed by atoms with Gasteiger partial charge in [0.2, 0.25) is 0 Å². The van der Waals surface area contributed by atoms with Crippen LogP contribution in [-0.2, 0) is 10.3 Å². The molecule has 35 heavy (non-hydrogen) atoms. The molecule has 0 aliphatic carbocycles. The quantitative estimate of drug-likeness (QED) is 0.309. The van der Waals surface area contributed by atoms with E-state index < -0.39 is 30.0 Å². The number of aliphatic hydroxyl groups is 4. The molecular weight excluding hydrogens is 480 g/mol. The van der Waals surface area contributed by atoms with E-state index in [0.717, 1.165) is 34.6 Å². The second-order valence-corrected chi connectivity index (χ2v) is 11.4. The molecule has 4 rings (SSSR count). The fraction of sp³-hybridized carbons (Fsp3) is 0.357. The van der Waals surface area contributed by atoms with Crippen LogP contribution in [0.5, 0.6) is 0 Å². The molecule has 0 saturated carbocycles. The van der Waals surface area contributed by atoms with Crippen molar-refractivity contribution in [3.63, 3.8) is 0 Å². The summed E-state index contributed by atoms with van der Waals surface area (Å²) in [6.07, 6.45) is -4.57. The summed E-state index contributed by atoms with van der Waals surface area (Å²) < 4.78 is 6.30. The molecule has 1 aliphatic rings. The predicted molar refractivity (Wildman–Crippen MR) is 143 cm³/mol. The highest BCUT2D eigenvalue weighted by Gasteiger charge is 2.41. The van der Waals surface area contributed by atoms with Gasteiger partial charge >= 0.3 is 0 Å². The Morgan fingerprint density at radius 3 is 1.54 bits per heavy atom. The molecule has 0 radical (unpaired) electrons. The van der Waals surface area contributed by atoms with Gasteiger partial charge in [-0.1, -0.05) is 91.0 Å². The van der Waals surface area contributed by atoms with Crippen molar-refractivity contribution in [3.8, 4) is 0 Å². The maximum atomic E-state index is 10.9. The summed E-state index contributed by atoms with van der Waals surface area (Å²) in [5.41, 5.74) is 1.56. The topological polar surface area (TPSA) is 90.2 Å². The molecule has 1 heterocycles. The summed E-state index contributed by atoms with van der Waals surface area (Å²) in [4.78, 5) is 0. The Bertz CT molecular complexity index is 919. The van der Waals surface area contributed by atoms with E-state index in [0.29, 0.717) is 0 Å². The van der Waals surface area contributed by atoms with Crippen LogP contribution in [0.25, 0.3) is 0 Å². The zero-order valence-electron chi connectivity index (χ0n) is 19.4. The SMILES string of the molecule is O[C@H]([C@@H](O)[C@@H](O)C1SCCCS1)[C@H](O)COC(c1ccccc1)(c1ccccc1)c1ccccc1. The maximum Gasteiger partial charge on any atom is 0.143 e. The number of aliphatic hydroxyl groups excluding tert-OH is 4. The van der Waals surface area contributed by atoms with Crippen molar-refractivity contribution in [1.82, 2.24) is 0 Å². The van der Waals surface area contributed by atoms with Crippen molar-refractivity contribution in [2.24, 2.45) is 0 Å². The van der Waals surface area contributed by atoms with Gasteiger partial charge in [0, 0.05) is 0 Å². The molecule has 3 aromatic rings. The van der Waals surface area contributed by atoms with Crippen molar-refractivity contribution >= 4 is 23.5 Å². The minimum Gasteiger partial charge on any atom is -0.388 e. The summed E-state index contributed by atoms with van der Waals surface area (Å²) >= 11 is 3.13. The lowest BCUT2D eigenvalue weighted by molar-refractivity contribution is -0.131. The van der Waals surface area contributed by atoms with E-state index in [1.807, 2.05) is 91.0 Å². The minimum absolute atomic E-state index is 0.237. The molecule has 0 bridgehead atoms. The second-order valence-electron chi connectivity index (χ2n) is 8.59. The first-order valence-electron chi connectivity index (χ1n) is 11.8. The lowest BCUT2D eigenvalue weighted by Gasteiger charge is -2.38. The molecule has 0 aromatic heterocycles. The Morgan fingerprint density at radius 2 is 1.11 bits per heavy atom. The number of ether oxygens (including phenoxy) is 1. The van der Waals surface area contributed by atoms with Crippen LogP contribution in [0.15, 0.2) is 91.0 Å². The number of hydrogen-bond donors (Lipinski definition) is 4. The molecule has 3 aromatic carbocycles. The highest BCUT2D eigenvalue weighted by Crippen LogP contribution is 2.41. The Hall–Kier alpha value is -1.84. The van der Waals surface area contributed by atoms with Crippen LogP contribution in [0.2, 0.25) is 0 Å². The zero-order chi connectivity index (χ0) is 24.7. The second kappa shape index (κ2) is 12.4. The van der Waals surface area contributed by atoms with Crippen molar-refractivity contribution in [3.05, 3.63) is 108 Å². The molecule has 0 amide bonds. The van der Waals surface area contributed by atoms with Gasteiger partial charge in [-0.05, 0) is 34.6 Å². The van der Waals surface area contributed by atoms with E-state index in [-0.39, 0.29) is 11.2 Å². The molecule has 1 fully saturated rings. The van der Waals surface area contributed by atoms with E-state index in [4.69, 9.17) is 4.74 Å². The highest BCUT2D eigenvalue weighted by atomic mass is 32.2. The summed E-state index contributed by atoms with van der Waals surface area (Å²) in [5.74, 6) is 1.80. The molecule has 0 spiro atoms. The molecule has 4 N–H and O–H groups in total. The monoisotopic (exact) mass is 512 g/mol. The minimum atomic E-state index is -1.56. The lowest BCUT2D eigenvalue weighted by Crippen LogP contribution is -2.50. The van der Waals surface area contributed by atoms with E-state index in [1.54, 1.807) is 23.5 Å². The number of benzene rings is 3. The van der Waals surface area contributed by atoms with Gasteiger partial charge in [0.15, 0.2) is 0 Å². The van der Waals surface area contributed by atoms with Crippen LogP contribution >= 0.6 is 23.5 Å². The van der Waals surface area contributed by atoms with Gasteiger partial charge in [-0.25, -0.2) is 0 Å². The zero-order valence-corrected chi connectivity index (χ0v) is 21.0. The van der Waals surface area contributed by atoms with Crippen LogP contribution in [0.4, 0.5) is 0 Å². The molecule has 7 heteroatoms. The van der Waals surface area contributed by atoms with Gasteiger partial charge in [-0.2, -0.15) is 0 Å². The van der Waals surface area contributed by atoms with Crippen LogP contribution < -0.4 is 0 Å². The fourth-order valence-electron chi connectivity index (χ4n) is 4.37. The Kier molecular flexibility index (Phi) is 9.30. The van der Waals surface area contributed by atoms with Crippen molar-refractivity contribution < 1.29 is 25.2 Å². The van der Waals surface area contributed by atoms with E-state index in [9.17, 15) is 20.4 Å². The predicted octanol–water partition coefficient (Wildman–Crippen LogP) is 3.63. The van der Waals surface area contributed by atoms with Crippen molar-refractivity contribution in [2.45, 2.75) is 41.0 Å². The van der Waals surface area contributed by atoms with Gasteiger partial charge in [0.05, 0.1) is 11.2 Å². The number of thioether (sulfide) groups is 2. The summed E-state index contributed by atoms with van der Waals surface area (Å²) in [6, 6.07) is 29.2. The molecule has 0 unspecified atom stereocenters. The van der Waals surface area contributed by atoms with E-state index in [2.05, 4.69) is 0 Å². The van der Waals surface area contributed by atoms with Gasteiger partial charge < -0.3 is 25.2 Å². The molecule has 1 saturated heterocycles. The lowest BCUT2D eigenvalue weighted by atomic mass is 9.80. The third kappa shape index (κ3) is 5.94. The smallest absolute Gasteiger partial charge is 0.143 e. The molecule has 186 valence electrons. The van der Waals surface area contributed by atoms with Gasteiger partial charge in [0.1, 0.15) is 30.0 Å². The van der Waals surface area contributed by atoms with Crippen LogP contribution in [-0.4, -0.2) is 67.5 Å². The van der Waals surface area contributed by atoms with Crippen molar-refractivity contribution in [2.75, 3.05) is 18.1 Å². The van der Waals surface area contributed by atoms with Crippen LogP contribution in [0.1, 0.15) is 23.1 Å². The normalized spacial score (nSPS) is 18.5. The fourth-order valence-corrected chi connectivity index (χ4v) is 7.32. The Balaban J connectivity index is 1.61. The average molecular weight is 513 g/mol. The number of rotatable bonds is 10. The third-order valence-corrected chi connectivity index (χ3v) is 9.32. The third-order valence-electron chi connectivity index (χ3n) is 6.24. The Labute approximate surface area is 215 Å². The molecule has 4 atom stereocenters. The van der Waals surface area contributed by atoms with Crippen LogP contribution in [0, 0.1) is 0 Å². The van der Waals surface area contributed by atoms with Gasteiger partial charge in [-0.3, -0.25) is 0 Å². The number of hydrogen-bond acceptors (Lipinski definition) is 7. The first-order valence-corrected chi connectivity index (χ1v) is 13.9. The molecule has 5 nitrogen and oxygen atoms in total. The van der Waals surface area contributed by atoms with Gasteiger partial charge in [-0.15, -0.1) is 23.5 Å². The molecule has 1 aliphatic heterocycles. The van der Waals surface area contributed by atoms with Gasteiger partial charge in [0.25, 0.3) is 0 Å². The van der Waals surface area contributed by atoms with Crippen molar-refractivity contribution in [1.29, 1.82) is 0 Å². The average Bonchev–Trinajstić information content (AvgIpc) is 2.94. The largest absolute Gasteiger partial charge is 0.388 e. The summed E-state index contributed by atoms with van der Waals surface area (Å²) in [6.45, 7) is -0.255. The summed E-state index contributed by atoms with van der Waals surface area (Å²) in [5, 5.41) is 42.9. The van der Waals surface area contributed by atoms with Crippen LogP contribution in [0.3, 0.4) is 0 Å². The first-order chi connectivity index (χ1) is 17.0. The van der Waals surface area contributed by atoms with E-state index >= 15 is 0 Å². The Morgan fingerprint density at radius 1 is 0.686 bits per heavy atom. The molecular formula is C28H32O5S2. The standard InChI is InChI=1S/C28H32O5S2/c29-23(24(30)25(31)26(32)27-34-17-10-18-35-27)19-33-28(20-11-4-1-5-12-20,21-13-6-2-7-14-21)22-15-8-3-9-16-22/h1-9,11-16,23-27,29-32H,10,17-19H2/t23-,24+,25-,26-/m1/s1. The van der Waals surface area contributed by atoms with E-state index in [1.165, 1.54) is 0 Å². The summed E-state index contributed by atoms with van der Waals surface area (Å²) in [7, 11) is 0. The maximum absolute atomic E-state index is 10.9. The first kappa shape index (κ1) is 26.2. The highest BCUT2D eigenvalue weighted by molar-refractivity contribution is 8.17.